The minimum absolute atomic E-state index is 0.0306. The highest BCUT2D eigenvalue weighted by atomic mass is 31.2. The number of nitrogens with zero attached hydrogens (tertiary/aromatic N) is 7. The monoisotopic (exact) mass is 917 g/mol. The van der Waals surface area contributed by atoms with Gasteiger partial charge < -0.3 is 34.1 Å². The number of carbonyl (C=O) groups is 1. The zero-order valence-corrected chi connectivity index (χ0v) is 39.4. The summed E-state index contributed by atoms with van der Waals surface area (Å²) < 4.78 is 43.5. The van der Waals surface area contributed by atoms with Crippen LogP contribution in [0.1, 0.15) is 103 Å². The van der Waals surface area contributed by atoms with Gasteiger partial charge in [-0.3, -0.25) is 19.2 Å². The molecule has 6 aromatic rings. The van der Waals surface area contributed by atoms with Gasteiger partial charge in [0.1, 0.15) is 30.0 Å². The number of fused-ring (bicyclic) bond motifs is 2. The Kier molecular flexibility index (Phi) is 10.9. The molecular weight excluding hydrogens is 861 g/mol. The van der Waals surface area contributed by atoms with E-state index in [1.165, 1.54) is 5.56 Å². The molecule has 3 aromatic heterocycles. The molecule has 5 atom stereocenters. The minimum Gasteiger partial charge on any atom is -0.387 e. The number of rotatable bonds is 11. The molecule has 0 radical (unpaired) electrons. The number of aromatic amines is 1. The van der Waals surface area contributed by atoms with E-state index in [2.05, 4.69) is 45.1 Å². The normalized spacial score (nSPS) is 22.9. The van der Waals surface area contributed by atoms with Crippen LogP contribution in [-0.4, -0.2) is 86.4 Å². The summed E-state index contributed by atoms with van der Waals surface area (Å²) in [5.41, 5.74) is 6.12. The first-order chi connectivity index (χ1) is 31.7. The maximum Gasteiger partial charge on any atom is 0.438 e. The molecule has 0 spiro atoms. The van der Waals surface area contributed by atoms with Gasteiger partial charge in [0.25, 0.3) is 5.91 Å². The van der Waals surface area contributed by atoms with Crippen LogP contribution in [0.5, 0.6) is 0 Å². The van der Waals surface area contributed by atoms with Crippen LogP contribution in [0.3, 0.4) is 0 Å². The number of amides is 1. The number of ether oxygens (including phenoxy) is 1. The van der Waals surface area contributed by atoms with Gasteiger partial charge in [0.15, 0.2) is 5.82 Å². The fraction of sp³-hybridized carbons (Fsp3) is 0.429. The van der Waals surface area contributed by atoms with Crippen molar-refractivity contribution in [2.45, 2.75) is 90.6 Å². The van der Waals surface area contributed by atoms with E-state index in [-0.39, 0.29) is 17.6 Å². The van der Waals surface area contributed by atoms with Crippen LogP contribution >= 0.6 is 7.14 Å². The molecule has 1 saturated carbocycles. The van der Waals surface area contributed by atoms with E-state index in [4.69, 9.17) is 14.4 Å². The molecule has 10 rings (SSSR count). The third-order valence-electron chi connectivity index (χ3n) is 14.5. The maximum absolute atomic E-state index is 15.5. The molecule has 3 N–H and O–H groups in total. The highest BCUT2D eigenvalue weighted by Gasteiger charge is 2.59. The molecule has 66 heavy (non-hydrogen) atoms. The Bertz CT molecular complexity index is 3010. The van der Waals surface area contributed by atoms with Crippen molar-refractivity contribution >= 4 is 46.4 Å². The molecular formula is C49H57FN9O6P. The summed E-state index contributed by atoms with van der Waals surface area (Å²) in [5, 5.41) is 26.6. The van der Waals surface area contributed by atoms with Gasteiger partial charge in [0.2, 0.25) is 6.35 Å². The van der Waals surface area contributed by atoms with E-state index >= 15 is 9.18 Å². The minimum atomic E-state index is -2.64. The predicted molar refractivity (Wildman–Crippen MR) is 253 cm³/mol. The Morgan fingerprint density at radius 1 is 1.03 bits per heavy atom. The number of H-pyrrole nitrogens is 1. The summed E-state index contributed by atoms with van der Waals surface area (Å²) in [7, 11) is -0.841. The smallest absolute Gasteiger partial charge is 0.387 e. The second-order valence-corrected chi connectivity index (χ2v) is 21.8. The van der Waals surface area contributed by atoms with Gasteiger partial charge in [0, 0.05) is 84.9 Å². The van der Waals surface area contributed by atoms with Gasteiger partial charge in [-0.2, -0.15) is 5.10 Å². The first-order valence-corrected chi connectivity index (χ1v) is 25.3. The summed E-state index contributed by atoms with van der Waals surface area (Å²) in [4.78, 5) is 36.1. The third-order valence-corrected chi connectivity index (χ3v) is 17.2. The number of aromatic nitrogens is 5. The van der Waals surface area contributed by atoms with Crippen LogP contribution in [0.15, 0.2) is 76.3 Å². The largest absolute Gasteiger partial charge is 0.438 e. The summed E-state index contributed by atoms with van der Waals surface area (Å²) >= 11 is 0. The maximum atomic E-state index is 15.5. The quantitative estimate of drug-likeness (QED) is 0.108. The van der Waals surface area contributed by atoms with Gasteiger partial charge in [0.05, 0.1) is 17.4 Å². The van der Waals surface area contributed by atoms with Crippen molar-refractivity contribution in [3.8, 4) is 5.69 Å². The molecule has 2 unspecified atom stereocenters. The number of aliphatic hydroxyl groups excluding tert-OH is 1. The summed E-state index contributed by atoms with van der Waals surface area (Å²) in [6.07, 6.45) is 6.59. The molecule has 1 saturated heterocycles. The lowest BCUT2D eigenvalue weighted by Crippen LogP contribution is -2.43. The molecule has 346 valence electrons. The summed E-state index contributed by atoms with van der Waals surface area (Å²) in [6, 6.07) is 17.0. The van der Waals surface area contributed by atoms with Crippen molar-refractivity contribution < 1.29 is 28.1 Å². The average molecular weight is 918 g/mol. The lowest BCUT2D eigenvalue weighted by Gasteiger charge is -2.36. The van der Waals surface area contributed by atoms with Crippen LogP contribution in [-0.2, 0) is 21.3 Å². The number of carbonyl (C=O) groups excluding carboxylic acids is 1. The van der Waals surface area contributed by atoms with Gasteiger partial charge in [-0.05, 0) is 130 Å². The van der Waals surface area contributed by atoms with E-state index in [1.807, 2.05) is 49.7 Å². The molecule has 15 nitrogen and oxygen atoms in total. The second kappa shape index (κ2) is 16.4. The zero-order chi connectivity index (χ0) is 46.4. The Morgan fingerprint density at radius 2 is 1.76 bits per heavy atom. The summed E-state index contributed by atoms with van der Waals surface area (Å²) in [6.45, 7) is 13.1. The van der Waals surface area contributed by atoms with Gasteiger partial charge >= 0.3 is 5.76 Å². The van der Waals surface area contributed by atoms with Crippen LogP contribution in [0, 0.1) is 25.6 Å². The molecule has 1 aliphatic carbocycles. The second-order valence-electron chi connectivity index (χ2n) is 18.7. The van der Waals surface area contributed by atoms with Crippen LogP contribution < -0.4 is 26.2 Å². The number of halogens is 1. The molecule has 1 amide bonds. The van der Waals surface area contributed by atoms with Gasteiger partial charge in [-0.1, -0.05) is 25.1 Å². The number of hydrogen-bond donors (Lipinski definition) is 3. The van der Waals surface area contributed by atoms with Gasteiger partial charge in [-0.25, -0.2) is 13.9 Å². The molecule has 6 heterocycles. The van der Waals surface area contributed by atoms with Crippen molar-refractivity contribution in [1.29, 1.82) is 0 Å². The lowest BCUT2D eigenvalue weighted by molar-refractivity contribution is 0.0663. The van der Waals surface area contributed by atoms with Crippen molar-refractivity contribution in [2.24, 2.45) is 5.92 Å². The number of aryl methyl sites for hydroxylation is 2. The SMILES string of the molecule is CCCP(C)(=O)c1ccc(N2C=CN(c3c4c(nn3-c3cc(C)c(F)c(C)c3)CCN(C(=O)c3cc5cc(C6CCOCC6)ccc5n3[C@@]3(c5noc(=O)[nH]5)C[C@@H]3C)[C@H]4C)C2O)cc1NC. The third kappa shape index (κ3) is 7.02. The Hall–Kier alpha value is -5.96. The Morgan fingerprint density at radius 3 is 2.42 bits per heavy atom. The van der Waals surface area contributed by atoms with Crippen molar-refractivity contribution in [3.63, 3.8) is 0 Å². The zero-order valence-electron chi connectivity index (χ0n) is 38.5. The van der Waals surface area contributed by atoms with Crippen LogP contribution in [0.25, 0.3) is 16.6 Å². The molecule has 3 aromatic carbocycles. The first kappa shape index (κ1) is 43.9. The molecule has 17 heteroatoms. The number of nitrogens with one attached hydrogen (secondary N) is 2. The van der Waals surface area contributed by atoms with E-state index < -0.39 is 30.8 Å². The Labute approximate surface area is 382 Å². The average Bonchev–Trinajstić information content (AvgIpc) is 3.80. The standard InChI is InChI=1S/C49H57FN9O6P/c1-8-21-66(7,63)41-12-10-35(26-38(41)51-6)56-17-18-57(48(56)62)44-42-31(5)55(16-13-37(42)53-59(44)36-22-28(2)43(50)29(3)23-36)45(60)40-25-34-24-33(32-14-19-64-20-15-32)9-11-39(34)58(40)49(27-30(49)4)46-52-47(61)65-54-46/h9-12,17-18,22-26,30-32,48,51,62H,8,13-16,19-21,27H2,1-7H3,(H,52,54,61)/t30-,31-,48?,49-,66?/m0/s1. The number of anilines is 3. The predicted octanol–water partition coefficient (Wildman–Crippen LogP) is 7.84. The van der Waals surface area contributed by atoms with E-state index in [9.17, 15) is 14.5 Å². The Balaban J connectivity index is 1.07. The van der Waals surface area contributed by atoms with Crippen molar-refractivity contribution in [2.75, 3.05) is 54.7 Å². The number of benzene rings is 3. The number of hydrogen-bond acceptors (Lipinski definition) is 11. The summed E-state index contributed by atoms with van der Waals surface area (Å²) in [5.74, 6) is 0.119. The van der Waals surface area contributed by atoms with E-state index in [1.54, 1.807) is 59.9 Å². The fourth-order valence-corrected chi connectivity index (χ4v) is 13.1. The van der Waals surface area contributed by atoms with E-state index in [0.717, 1.165) is 52.4 Å². The fourth-order valence-electron chi connectivity index (χ4n) is 10.9. The van der Waals surface area contributed by atoms with E-state index in [0.29, 0.717) is 84.5 Å². The molecule has 2 fully saturated rings. The molecule has 0 bridgehead atoms. The van der Waals surface area contributed by atoms with Crippen molar-refractivity contribution in [1.82, 2.24) is 29.4 Å². The van der Waals surface area contributed by atoms with Crippen LogP contribution in [0.4, 0.5) is 21.6 Å². The highest BCUT2D eigenvalue weighted by Crippen LogP contribution is 2.56. The lowest BCUT2D eigenvalue weighted by atomic mass is 9.91. The first-order valence-electron chi connectivity index (χ1n) is 23.0. The van der Waals surface area contributed by atoms with Crippen molar-refractivity contribution in [3.05, 3.63) is 123 Å². The molecule has 4 aliphatic rings. The molecule has 3 aliphatic heterocycles. The number of aliphatic hydroxyl groups is 1. The highest BCUT2D eigenvalue weighted by molar-refractivity contribution is 7.71. The van der Waals surface area contributed by atoms with Gasteiger partial charge in [-0.15, -0.1) is 0 Å². The van der Waals surface area contributed by atoms with Crippen LogP contribution in [0.2, 0.25) is 0 Å². The topological polar surface area (TPSA) is 167 Å².